The Labute approximate surface area is 95.9 Å². The summed E-state index contributed by atoms with van der Waals surface area (Å²) >= 11 is 0. The van der Waals surface area contributed by atoms with Gasteiger partial charge in [-0.15, -0.1) is 0 Å². The first kappa shape index (κ1) is 12.4. The summed E-state index contributed by atoms with van der Waals surface area (Å²) in [5.74, 6) is -1.03. The van der Waals surface area contributed by atoms with Crippen molar-refractivity contribution in [3.05, 3.63) is 11.6 Å². The Balaban J connectivity index is 2.12. The van der Waals surface area contributed by atoms with E-state index < -0.39 is 21.4 Å². The molecule has 0 radical (unpaired) electrons. The Morgan fingerprint density at radius 1 is 1.35 bits per heavy atom. The van der Waals surface area contributed by atoms with Gasteiger partial charge in [0.15, 0.2) is 0 Å². The van der Waals surface area contributed by atoms with Crippen LogP contribution >= 0.6 is 0 Å². The van der Waals surface area contributed by atoms with Crippen LogP contribution in [0.5, 0.6) is 0 Å². The summed E-state index contributed by atoms with van der Waals surface area (Å²) < 4.78 is 58.7. The molecule has 0 aromatic heterocycles. The number of amides is 1. The maximum atomic E-state index is 12.0. The van der Waals surface area contributed by atoms with Gasteiger partial charge in [0, 0.05) is 5.57 Å². The summed E-state index contributed by atoms with van der Waals surface area (Å²) in [5.41, 5.74) is -5.28. The topological polar surface area (TPSA) is 63.2 Å². The highest BCUT2D eigenvalue weighted by Gasteiger charge is 2.48. The van der Waals surface area contributed by atoms with E-state index in [-0.39, 0.29) is 17.4 Å². The monoisotopic (exact) mass is 269 g/mol. The van der Waals surface area contributed by atoms with Crippen LogP contribution in [0.1, 0.15) is 19.3 Å². The third kappa shape index (κ3) is 2.18. The zero-order valence-corrected chi connectivity index (χ0v) is 9.44. The average molecular weight is 269 g/mol. The maximum Gasteiger partial charge on any atom is 0.516 e. The van der Waals surface area contributed by atoms with Crippen molar-refractivity contribution in [2.24, 2.45) is 11.8 Å². The lowest BCUT2D eigenvalue weighted by Crippen LogP contribution is -2.41. The second kappa shape index (κ2) is 3.72. The standard InChI is InChI=1S/C9H10F3NO3S/c10-9(11,12)17(15,16)13-8(14)7-4-5-1-2-6(7)3-5/h4-6H,1-3H2,(H,13,14). The van der Waals surface area contributed by atoms with Crippen LogP contribution in [0.25, 0.3) is 0 Å². The molecule has 0 aromatic rings. The minimum atomic E-state index is -5.59. The Kier molecular flexibility index (Phi) is 2.72. The van der Waals surface area contributed by atoms with Crippen LogP contribution in [-0.4, -0.2) is 19.8 Å². The fourth-order valence-electron chi connectivity index (χ4n) is 2.34. The number of rotatable bonds is 2. The molecule has 96 valence electrons. The largest absolute Gasteiger partial charge is 0.516 e. The molecule has 17 heavy (non-hydrogen) atoms. The van der Waals surface area contributed by atoms with Gasteiger partial charge in [-0.1, -0.05) is 6.08 Å². The van der Waals surface area contributed by atoms with E-state index >= 15 is 0 Å². The Morgan fingerprint density at radius 3 is 2.41 bits per heavy atom. The van der Waals surface area contributed by atoms with Crippen molar-refractivity contribution in [2.45, 2.75) is 24.8 Å². The third-order valence-corrected chi connectivity index (χ3v) is 4.19. The molecule has 1 saturated carbocycles. The van der Waals surface area contributed by atoms with Gasteiger partial charge in [0.2, 0.25) is 0 Å². The lowest BCUT2D eigenvalue weighted by molar-refractivity contribution is -0.117. The molecule has 2 bridgehead atoms. The summed E-state index contributed by atoms with van der Waals surface area (Å²) in [6.07, 6.45) is 3.95. The minimum Gasteiger partial charge on any atom is -0.269 e. The molecule has 0 saturated heterocycles. The van der Waals surface area contributed by atoms with Crippen LogP contribution in [0, 0.1) is 11.8 Å². The zero-order chi connectivity index (χ0) is 12.8. The fraction of sp³-hybridized carbons (Fsp3) is 0.667. The van der Waals surface area contributed by atoms with E-state index in [1.807, 2.05) is 0 Å². The van der Waals surface area contributed by atoms with E-state index in [4.69, 9.17) is 0 Å². The molecule has 2 rings (SSSR count). The molecule has 4 nitrogen and oxygen atoms in total. The van der Waals surface area contributed by atoms with E-state index in [1.165, 1.54) is 0 Å². The summed E-state index contributed by atoms with van der Waals surface area (Å²) in [5, 5.41) is 0. The number of fused-ring (bicyclic) bond motifs is 2. The summed E-state index contributed by atoms with van der Waals surface area (Å²) in [4.78, 5) is 11.4. The quantitative estimate of drug-likeness (QED) is 0.822. The molecule has 2 aliphatic rings. The van der Waals surface area contributed by atoms with Gasteiger partial charge < -0.3 is 0 Å². The third-order valence-electron chi connectivity index (χ3n) is 3.12. The number of halogens is 3. The van der Waals surface area contributed by atoms with E-state index in [1.54, 1.807) is 6.08 Å². The fourth-order valence-corrected chi connectivity index (χ4v) is 2.82. The van der Waals surface area contributed by atoms with E-state index in [9.17, 15) is 26.4 Å². The van der Waals surface area contributed by atoms with Crippen LogP contribution in [0.4, 0.5) is 13.2 Å². The Morgan fingerprint density at radius 2 is 2.00 bits per heavy atom. The molecular formula is C9H10F3NO3S. The van der Waals surface area contributed by atoms with Gasteiger partial charge in [-0.25, -0.2) is 4.72 Å². The maximum absolute atomic E-state index is 12.0. The summed E-state index contributed by atoms with van der Waals surface area (Å²) in [6.45, 7) is 0. The van der Waals surface area contributed by atoms with Crippen LogP contribution < -0.4 is 4.72 Å². The van der Waals surface area contributed by atoms with Gasteiger partial charge in [0.25, 0.3) is 5.91 Å². The molecular weight excluding hydrogens is 259 g/mol. The zero-order valence-electron chi connectivity index (χ0n) is 8.62. The van der Waals surface area contributed by atoms with Crippen molar-refractivity contribution in [1.29, 1.82) is 0 Å². The summed E-state index contributed by atoms with van der Waals surface area (Å²) in [6, 6.07) is 0. The lowest BCUT2D eigenvalue weighted by atomic mass is 9.98. The number of alkyl halides is 3. The number of sulfonamides is 1. The average Bonchev–Trinajstić information content (AvgIpc) is 2.75. The number of carbonyl (C=O) groups excluding carboxylic acids is 1. The highest BCUT2D eigenvalue weighted by Crippen LogP contribution is 2.43. The number of hydrogen-bond acceptors (Lipinski definition) is 3. The van der Waals surface area contributed by atoms with Gasteiger partial charge in [0.1, 0.15) is 0 Å². The first-order chi connectivity index (χ1) is 7.71. The summed E-state index contributed by atoms with van der Waals surface area (Å²) in [7, 11) is -5.59. The number of allylic oxidation sites excluding steroid dienone is 1. The first-order valence-electron chi connectivity index (χ1n) is 5.06. The van der Waals surface area contributed by atoms with Crippen molar-refractivity contribution in [2.75, 3.05) is 0 Å². The lowest BCUT2D eigenvalue weighted by Gasteiger charge is -2.14. The minimum absolute atomic E-state index is 0.0940. The molecule has 1 N–H and O–H groups in total. The number of carbonyl (C=O) groups is 1. The van der Waals surface area contributed by atoms with Crippen LogP contribution in [0.2, 0.25) is 0 Å². The van der Waals surface area contributed by atoms with Crippen molar-refractivity contribution in [1.82, 2.24) is 4.72 Å². The normalized spacial score (nSPS) is 28.1. The number of hydrogen-bond donors (Lipinski definition) is 1. The van der Waals surface area contributed by atoms with Crippen molar-refractivity contribution < 1.29 is 26.4 Å². The molecule has 1 amide bonds. The van der Waals surface area contributed by atoms with Gasteiger partial charge >= 0.3 is 15.5 Å². The molecule has 0 aromatic carbocycles. The van der Waals surface area contributed by atoms with Crippen LogP contribution in [0.15, 0.2) is 11.6 Å². The van der Waals surface area contributed by atoms with Gasteiger partial charge in [-0.3, -0.25) is 4.79 Å². The first-order valence-corrected chi connectivity index (χ1v) is 6.54. The second-order valence-electron chi connectivity index (χ2n) is 4.27. The smallest absolute Gasteiger partial charge is 0.269 e. The van der Waals surface area contributed by atoms with Gasteiger partial charge in [0.05, 0.1) is 0 Å². The van der Waals surface area contributed by atoms with E-state index in [2.05, 4.69) is 0 Å². The molecule has 2 unspecified atom stereocenters. The molecule has 0 aliphatic heterocycles. The molecule has 0 heterocycles. The molecule has 0 spiro atoms. The molecule has 2 aliphatic carbocycles. The van der Waals surface area contributed by atoms with Crippen molar-refractivity contribution >= 4 is 15.9 Å². The van der Waals surface area contributed by atoms with Crippen molar-refractivity contribution in [3.8, 4) is 0 Å². The molecule has 8 heteroatoms. The van der Waals surface area contributed by atoms with Crippen LogP contribution in [0.3, 0.4) is 0 Å². The van der Waals surface area contributed by atoms with Crippen LogP contribution in [-0.2, 0) is 14.8 Å². The predicted molar refractivity (Wildman–Crippen MR) is 52.0 cm³/mol. The molecule has 2 atom stereocenters. The van der Waals surface area contributed by atoms with Crippen molar-refractivity contribution in [3.63, 3.8) is 0 Å². The van der Waals surface area contributed by atoms with Gasteiger partial charge in [-0.2, -0.15) is 21.6 Å². The Bertz CT molecular complexity index is 480. The molecule has 1 fully saturated rings. The highest BCUT2D eigenvalue weighted by molar-refractivity contribution is 7.90. The Hall–Kier alpha value is -1.05. The predicted octanol–water partition coefficient (Wildman–Crippen LogP) is 1.31. The van der Waals surface area contributed by atoms with E-state index in [0.717, 1.165) is 24.0 Å². The number of nitrogens with one attached hydrogen (secondary N) is 1. The SMILES string of the molecule is O=C(NS(=O)(=O)C(F)(F)F)C1=CC2CCC1C2. The van der Waals surface area contributed by atoms with E-state index in [0.29, 0.717) is 0 Å². The second-order valence-corrected chi connectivity index (χ2v) is 5.95. The van der Waals surface area contributed by atoms with Gasteiger partial charge in [-0.05, 0) is 31.1 Å². The highest BCUT2D eigenvalue weighted by atomic mass is 32.2.